The summed E-state index contributed by atoms with van der Waals surface area (Å²) in [5.41, 5.74) is -0.565. The van der Waals surface area contributed by atoms with Crippen LogP contribution >= 0.6 is 15.9 Å². The van der Waals surface area contributed by atoms with Crippen molar-refractivity contribution in [3.63, 3.8) is 0 Å². The number of halogens is 2. The molecule has 2 rings (SSSR count). The van der Waals surface area contributed by atoms with Crippen LogP contribution in [0.5, 0.6) is 0 Å². The first-order valence-corrected chi connectivity index (χ1v) is 7.71. The number of carbonyl (C=O) groups is 2. The highest BCUT2D eigenvalue weighted by atomic mass is 79.9. The highest BCUT2D eigenvalue weighted by molar-refractivity contribution is 9.10. The fraction of sp³-hybridized carbons (Fsp3) is 0.467. The third-order valence-electron chi connectivity index (χ3n) is 4.03. The van der Waals surface area contributed by atoms with E-state index in [0.717, 1.165) is 19.3 Å². The first-order valence-electron chi connectivity index (χ1n) is 6.91. The van der Waals surface area contributed by atoms with Gasteiger partial charge in [-0.2, -0.15) is 0 Å². The van der Waals surface area contributed by atoms with Gasteiger partial charge in [-0.15, -0.1) is 0 Å². The van der Waals surface area contributed by atoms with Crippen molar-refractivity contribution in [1.29, 1.82) is 0 Å². The first kappa shape index (κ1) is 15.9. The Morgan fingerprint density at radius 2 is 1.95 bits per heavy atom. The van der Waals surface area contributed by atoms with Crippen molar-refractivity contribution in [3.05, 3.63) is 34.1 Å². The Bertz CT molecular complexity index is 556. The summed E-state index contributed by atoms with van der Waals surface area (Å²) in [6, 6.07) is 3.97. The number of rotatable bonds is 4. The normalized spacial score (nSPS) is 17.2. The lowest BCUT2D eigenvalue weighted by molar-refractivity contribution is -0.150. The Labute approximate surface area is 130 Å². The average Bonchev–Trinajstić information content (AvgIpc) is 2.48. The molecule has 0 saturated heterocycles. The molecule has 1 saturated carbocycles. The van der Waals surface area contributed by atoms with E-state index in [1.165, 1.54) is 18.2 Å². The van der Waals surface area contributed by atoms with Crippen LogP contribution < -0.4 is 5.32 Å². The molecule has 0 spiro atoms. The van der Waals surface area contributed by atoms with Crippen LogP contribution in [0.25, 0.3) is 0 Å². The van der Waals surface area contributed by atoms with Gasteiger partial charge in [0, 0.05) is 12.1 Å². The maximum Gasteiger partial charge on any atom is 0.311 e. The van der Waals surface area contributed by atoms with Gasteiger partial charge >= 0.3 is 5.97 Å². The molecule has 0 atom stereocenters. The van der Waals surface area contributed by atoms with Crippen LogP contribution in [0, 0.1) is 11.2 Å². The molecule has 0 aliphatic heterocycles. The fourth-order valence-corrected chi connectivity index (χ4v) is 3.06. The van der Waals surface area contributed by atoms with Gasteiger partial charge in [0.05, 0.1) is 9.89 Å². The molecule has 1 amide bonds. The molecule has 1 aliphatic rings. The van der Waals surface area contributed by atoms with E-state index in [1.807, 2.05) is 0 Å². The molecule has 2 N–H and O–H groups in total. The second-order valence-electron chi connectivity index (χ2n) is 5.46. The zero-order valence-corrected chi connectivity index (χ0v) is 13.1. The predicted molar refractivity (Wildman–Crippen MR) is 79.6 cm³/mol. The number of hydrogen-bond donors (Lipinski definition) is 2. The monoisotopic (exact) mass is 357 g/mol. The number of carboxylic acid groups (broad SMARTS) is 1. The minimum absolute atomic E-state index is 0.107. The van der Waals surface area contributed by atoms with Crippen LogP contribution in [0.4, 0.5) is 4.39 Å². The third kappa shape index (κ3) is 3.61. The summed E-state index contributed by atoms with van der Waals surface area (Å²) in [5.74, 6) is -1.69. The van der Waals surface area contributed by atoms with Gasteiger partial charge in [0.1, 0.15) is 5.82 Å². The first-order chi connectivity index (χ1) is 9.94. The summed E-state index contributed by atoms with van der Waals surface area (Å²) in [7, 11) is 0. The van der Waals surface area contributed by atoms with Crippen molar-refractivity contribution in [2.24, 2.45) is 5.41 Å². The molecular weight excluding hydrogens is 341 g/mol. The number of carbonyl (C=O) groups excluding carboxylic acids is 1. The maximum absolute atomic E-state index is 13.1. The molecule has 21 heavy (non-hydrogen) atoms. The minimum Gasteiger partial charge on any atom is -0.481 e. The molecular formula is C15H17BrFNO3. The Balaban J connectivity index is 2.05. The summed E-state index contributed by atoms with van der Waals surface area (Å²) < 4.78 is 13.4. The van der Waals surface area contributed by atoms with E-state index in [1.54, 1.807) is 0 Å². The van der Waals surface area contributed by atoms with Crippen LogP contribution in [0.2, 0.25) is 0 Å². The molecule has 0 bridgehead atoms. The summed E-state index contributed by atoms with van der Waals surface area (Å²) in [6.45, 7) is 0.107. The van der Waals surface area contributed by atoms with Gasteiger partial charge in [-0.3, -0.25) is 9.59 Å². The number of carboxylic acids is 1. The van der Waals surface area contributed by atoms with Crippen LogP contribution in [0.3, 0.4) is 0 Å². The molecule has 0 unspecified atom stereocenters. The van der Waals surface area contributed by atoms with E-state index in [0.29, 0.717) is 18.4 Å². The highest BCUT2D eigenvalue weighted by Gasteiger charge is 2.39. The number of aliphatic carboxylic acids is 1. The Morgan fingerprint density at radius 3 is 2.52 bits per heavy atom. The molecule has 4 nitrogen and oxygen atoms in total. The topological polar surface area (TPSA) is 66.4 Å². The molecule has 1 aromatic carbocycles. The van der Waals surface area contributed by atoms with Gasteiger partial charge in [-0.1, -0.05) is 19.3 Å². The highest BCUT2D eigenvalue weighted by Crippen LogP contribution is 2.36. The summed E-state index contributed by atoms with van der Waals surface area (Å²) in [4.78, 5) is 23.6. The van der Waals surface area contributed by atoms with E-state index >= 15 is 0 Å². The van der Waals surface area contributed by atoms with Crippen LogP contribution in [-0.2, 0) is 4.79 Å². The molecule has 0 heterocycles. The second kappa shape index (κ2) is 6.56. The smallest absolute Gasteiger partial charge is 0.311 e. The number of nitrogens with one attached hydrogen (secondary N) is 1. The van der Waals surface area contributed by atoms with E-state index in [-0.39, 0.29) is 16.9 Å². The quantitative estimate of drug-likeness (QED) is 0.868. The van der Waals surface area contributed by atoms with Gasteiger partial charge in [-0.05, 0) is 47.0 Å². The SMILES string of the molecule is O=C(NCC1(C(=O)O)CCCCC1)c1ccc(F)c(Br)c1. The maximum atomic E-state index is 13.1. The molecule has 6 heteroatoms. The van der Waals surface area contributed by atoms with Crippen molar-refractivity contribution in [1.82, 2.24) is 5.32 Å². The van der Waals surface area contributed by atoms with Crippen molar-refractivity contribution in [2.45, 2.75) is 32.1 Å². The van der Waals surface area contributed by atoms with Gasteiger partial charge in [-0.25, -0.2) is 4.39 Å². The van der Waals surface area contributed by atoms with E-state index in [9.17, 15) is 19.1 Å². The predicted octanol–water partition coefficient (Wildman–Crippen LogP) is 3.35. The lowest BCUT2D eigenvalue weighted by Gasteiger charge is -2.33. The lowest BCUT2D eigenvalue weighted by atomic mass is 9.74. The fourth-order valence-electron chi connectivity index (χ4n) is 2.68. The lowest BCUT2D eigenvalue weighted by Crippen LogP contribution is -2.44. The zero-order valence-electron chi connectivity index (χ0n) is 11.5. The molecule has 0 aromatic heterocycles. The van der Waals surface area contributed by atoms with Crippen molar-refractivity contribution >= 4 is 27.8 Å². The van der Waals surface area contributed by atoms with Gasteiger partial charge in [0.25, 0.3) is 5.91 Å². The zero-order chi connectivity index (χ0) is 15.5. The van der Waals surface area contributed by atoms with Crippen molar-refractivity contribution in [3.8, 4) is 0 Å². The van der Waals surface area contributed by atoms with E-state index < -0.39 is 17.2 Å². The number of benzene rings is 1. The summed E-state index contributed by atoms with van der Waals surface area (Å²) >= 11 is 3.03. The Kier molecular flexibility index (Phi) is 4.98. The minimum atomic E-state index is -0.870. The van der Waals surface area contributed by atoms with Gasteiger partial charge in [0.15, 0.2) is 0 Å². The number of hydrogen-bond acceptors (Lipinski definition) is 2. The molecule has 1 aromatic rings. The molecule has 1 aliphatic carbocycles. The number of amides is 1. The van der Waals surface area contributed by atoms with Crippen LogP contribution in [-0.4, -0.2) is 23.5 Å². The Morgan fingerprint density at radius 1 is 1.29 bits per heavy atom. The van der Waals surface area contributed by atoms with Crippen molar-refractivity contribution in [2.75, 3.05) is 6.54 Å². The van der Waals surface area contributed by atoms with Gasteiger partial charge in [0.2, 0.25) is 0 Å². The molecule has 114 valence electrons. The Hall–Kier alpha value is -1.43. The van der Waals surface area contributed by atoms with Crippen molar-refractivity contribution < 1.29 is 19.1 Å². The third-order valence-corrected chi connectivity index (χ3v) is 4.64. The second-order valence-corrected chi connectivity index (χ2v) is 6.31. The van der Waals surface area contributed by atoms with E-state index in [2.05, 4.69) is 21.2 Å². The average molecular weight is 358 g/mol. The molecule has 0 radical (unpaired) electrons. The van der Waals surface area contributed by atoms with Crippen LogP contribution in [0.15, 0.2) is 22.7 Å². The summed E-state index contributed by atoms with van der Waals surface area (Å²) in [5, 5.41) is 12.1. The largest absolute Gasteiger partial charge is 0.481 e. The van der Waals surface area contributed by atoms with E-state index in [4.69, 9.17) is 0 Å². The summed E-state index contributed by atoms with van der Waals surface area (Å²) in [6.07, 6.45) is 3.92. The van der Waals surface area contributed by atoms with Gasteiger partial charge < -0.3 is 10.4 Å². The molecule has 1 fully saturated rings. The van der Waals surface area contributed by atoms with Crippen LogP contribution in [0.1, 0.15) is 42.5 Å². The standard InChI is InChI=1S/C15H17BrFNO3/c16-11-8-10(4-5-12(11)17)13(19)18-9-15(14(20)21)6-2-1-3-7-15/h4-5,8H,1-3,6-7,9H2,(H,18,19)(H,20,21).